The first-order valence-electron chi connectivity index (χ1n) is 6.68. The molecule has 0 saturated carbocycles. The number of hydrogen-bond acceptors (Lipinski definition) is 5. The maximum absolute atomic E-state index is 12.5. The number of nitrogens with zero attached hydrogens (tertiary/aromatic N) is 3. The Morgan fingerprint density at radius 2 is 1.95 bits per heavy atom. The molecule has 0 spiro atoms. The number of aromatic nitrogens is 3. The predicted octanol–water partition coefficient (Wildman–Crippen LogP) is 2.29. The molecular formula is C14H16N4O3S. The summed E-state index contributed by atoms with van der Waals surface area (Å²) >= 11 is 0. The second-order valence-electron chi connectivity index (χ2n) is 5.18. The van der Waals surface area contributed by atoms with Gasteiger partial charge in [0.15, 0.2) is 10.7 Å². The van der Waals surface area contributed by atoms with Crippen LogP contribution in [0.2, 0.25) is 0 Å². The van der Waals surface area contributed by atoms with Crippen molar-refractivity contribution in [1.29, 1.82) is 0 Å². The van der Waals surface area contributed by atoms with Crippen LogP contribution in [0.4, 0.5) is 5.69 Å². The Labute approximate surface area is 128 Å². The number of imidazole rings is 1. The second-order valence-corrected chi connectivity index (χ2v) is 6.80. The van der Waals surface area contributed by atoms with Crippen LogP contribution in [0, 0.1) is 20.8 Å². The molecule has 1 N–H and O–H groups in total. The molecule has 3 rings (SSSR count). The molecule has 0 unspecified atom stereocenters. The van der Waals surface area contributed by atoms with Gasteiger partial charge in [-0.1, -0.05) is 5.16 Å². The third kappa shape index (κ3) is 2.25. The minimum Gasteiger partial charge on any atom is -0.360 e. The lowest BCUT2D eigenvalue weighted by Gasteiger charge is -2.07. The zero-order chi connectivity index (χ0) is 16.1. The zero-order valence-electron chi connectivity index (χ0n) is 12.7. The molecule has 0 saturated heterocycles. The Hall–Kier alpha value is -2.35. The number of aryl methyl sites for hydroxylation is 4. The molecule has 0 amide bonds. The first-order valence-corrected chi connectivity index (χ1v) is 8.16. The van der Waals surface area contributed by atoms with Crippen LogP contribution in [0.3, 0.4) is 0 Å². The summed E-state index contributed by atoms with van der Waals surface area (Å²) in [5.74, 6) is 1.13. The Bertz CT molecular complexity index is 950. The monoisotopic (exact) mass is 320 g/mol. The summed E-state index contributed by atoms with van der Waals surface area (Å²) in [6.45, 7) is 5.06. The molecule has 0 atom stereocenters. The number of anilines is 1. The lowest BCUT2D eigenvalue weighted by Crippen LogP contribution is -2.14. The van der Waals surface area contributed by atoms with Crippen molar-refractivity contribution < 1.29 is 12.9 Å². The van der Waals surface area contributed by atoms with E-state index in [0.29, 0.717) is 11.4 Å². The highest BCUT2D eigenvalue weighted by Gasteiger charge is 2.24. The molecule has 0 fully saturated rings. The Balaban J connectivity index is 2.02. The van der Waals surface area contributed by atoms with E-state index >= 15 is 0 Å². The van der Waals surface area contributed by atoms with Crippen molar-refractivity contribution in [3.8, 4) is 0 Å². The van der Waals surface area contributed by atoms with Crippen LogP contribution < -0.4 is 4.72 Å². The molecule has 7 nitrogen and oxygen atoms in total. The summed E-state index contributed by atoms with van der Waals surface area (Å²) in [6.07, 6.45) is 0. The molecule has 0 aliphatic heterocycles. The van der Waals surface area contributed by atoms with Crippen LogP contribution in [0.15, 0.2) is 27.6 Å². The quantitative estimate of drug-likeness (QED) is 0.799. The molecule has 0 aliphatic rings. The predicted molar refractivity (Wildman–Crippen MR) is 82.2 cm³/mol. The van der Waals surface area contributed by atoms with Gasteiger partial charge >= 0.3 is 0 Å². The molecule has 0 aliphatic carbocycles. The summed E-state index contributed by atoms with van der Waals surface area (Å²) in [7, 11) is -1.83. The number of nitrogens with one attached hydrogen (secondary N) is 1. The standard InChI is InChI=1S/C14H16N4O3S/c1-8-14(9(2)21-16-8)22(19,20)17-11-5-6-13-12(7-11)15-10(3)18(13)4/h5-7,17H,1-4H3. The Kier molecular flexibility index (Phi) is 3.21. The third-order valence-electron chi connectivity index (χ3n) is 3.59. The van der Waals surface area contributed by atoms with Crippen molar-refractivity contribution in [1.82, 2.24) is 14.7 Å². The van der Waals surface area contributed by atoms with Gasteiger partial charge in [-0.05, 0) is 39.0 Å². The van der Waals surface area contributed by atoms with E-state index in [0.717, 1.165) is 16.9 Å². The summed E-state index contributed by atoms with van der Waals surface area (Å²) in [5.41, 5.74) is 2.46. The number of fused-ring (bicyclic) bond motifs is 1. The molecule has 2 heterocycles. The van der Waals surface area contributed by atoms with E-state index in [1.165, 1.54) is 0 Å². The smallest absolute Gasteiger partial charge is 0.267 e. The minimum atomic E-state index is -3.74. The number of benzene rings is 1. The van der Waals surface area contributed by atoms with E-state index < -0.39 is 10.0 Å². The van der Waals surface area contributed by atoms with E-state index in [2.05, 4.69) is 14.9 Å². The van der Waals surface area contributed by atoms with E-state index in [9.17, 15) is 8.42 Å². The van der Waals surface area contributed by atoms with Crippen molar-refractivity contribution in [2.24, 2.45) is 7.05 Å². The molecule has 0 bridgehead atoms. The average molecular weight is 320 g/mol. The Morgan fingerprint density at radius 3 is 2.59 bits per heavy atom. The van der Waals surface area contributed by atoms with Gasteiger partial charge in [0.25, 0.3) is 10.0 Å². The first kappa shape index (κ1) is 14.6. The first-order chi connectivity index (χ1) is 10.3. The van der Waals surface area contributed by atoms with Crippen LogP contribution in [0.1, 0.15) is 17.3 Å². The van der Waals surface area contributed by atoms with Gasteiger partial charge < -0.3 is 9.09 Å². The number of hydrogen-bond donors (Lipinski definition) is 1. The van der Waals surface area contributed by atoms with Gasteiger partial charge in [0.05, 0.1) is 16.7 Å². The van der Waals surface area contributed by atoms with E-state index in [1.54, 1.807) is 26.0 Å². The molecule has 1 aromatic carbocycles. The van der Waals surface area contributed by atoms with Gasteiger partial charge in [0.2, 0.25) is 0 Å². The Morgan fingerprint density at radius 1 is 1.23 bits per heavy atom. The summed E-state index contributed by atoms with van der Waals surface area (Å²) < 4.78 is 34.4. The summed E-state index contributed by atoms with van der Waals surface area (Å²) in [5, 5.41) is 3.68. The highest BCUT2D eigenvalue weighted by molar-refractivity contribution is 7.92. The van der Waals surface area contributed by atoms with Crippen molar-refractivity contribution in [2.75, 3.05) is 4.72 Å². The van der Waals surface area contributed by atoms with Gasteiger partial charge in [-0.15, -0.1) is 0 Å². The van der Waals surface area contributed by atoms with Crippen LogP contribution in [-0.4, -0.2) is 23.1 Å². The van der Waals surface area contributed by atoms with Crippen LogP contribution in [-0.2, 0) is 17.1 Å². The summed E-state index contributed by atoms with van der Waals surface area (Å²) in [4.78, 5) is 4.47. The molecule has 116 valence electrons. The SMILES string of the molecule is Cc1noc(C)c1S(=O)(=O)Nc1ccc2c(c1)nc(C)n2C. The molecule has 8 heteroatoms. The normalized spacial score (nSPS) is 12.0. The number of sulfonamides is 1. The van der Waals surface area contributed by atoms with Gasteiger partial charge in [0, 0.05) is 7.05 Å². The fourth-order valence-corrected chi connectivity index (χ4v) is 3.83. The highest BCUT2D eigenvalue weighted by Crippen LogP contribution is 2.24. The maximum atomic E-state index is 12.5. The molecular weight excluding hydrogens is 304 g/mol. The third-order valence-corrected chi connectivity index (χ3v) is 5.22. The summed E-state index contributed by atoms with van der Waals surface area (Å²) in [6, 6.07) is 5.25. The maximum Gasteiger partial charge on any atom is 0.267 e. The van der Waals surface area contributed by atoms with E-state index in [1.807, 2.05) is 24.6 Å². The van der Waals surface area contributed by atoms with Crippen LogP contribution >= 0.6 is 0 Å². The fourth-order valence-electron chi connectivity index (χ4n) is 2.45. The highest BCUT2D eigenvalue weighted by atomic mass is 32.2. The second kappa shape index (κ2) is 4.84. The molecule has 2 aromatic heterocycles. The van der Waals surface area contributed by atoms with Gasteiger partial charge in [0.1, 0.15) is 11.5 Å². The van der Waals surface area contributed by atoms with Crippen molar-refractivity contribution >= 4 is 26.7 Å². The zero-order valence-corrected chi connectivity index (χ0v) is 13.5. The van der Waals surface area contributed by atoms with Gasteiger partial charge in [-0.3, -0.25) is 4.72 Å². The lowest BCUT2D eigenvalue weighted by atomic mass is 10.3. The van der Waals surface area contributed by atoms with Crippen LogP contribution in [0.5, 0.6) is 0 Å². The van der Waals surface area contributed by atoms with Gasteiger partial charge in [-0.25, -0.2) is 13.4 Å². The average Bonchev–Trinajstić information content (AvgIpc) is 2.90. The number of rotatable bonds is 3. The largest absolute Gasteiger partial charge is 0.360 e. The van der Waals surface area contributed by atoms with Gasteiger partial charge in [-0.2, -0.15) is 0 Å². The van der Waals surface area contributed by atoms with Crippen molar-refractivity contribution in [2.45, 2.75) is 25.7 Å². The van der Waals surface area contributed by atoms with E-state index in [4.69, 9.17) is 4.52 Å². The van der Waals surface area contributed by atoms with Crippen molar-refractivity contribution in [3.05, 3.63) is 35.5 Å². The van der Waals surface area contributed by atoms with Crippen LogP contribution in [0.25, 0.3) is 11.0 Å². The lowest BCUT2D eigenvalue weighted by molar-refractivity contribution is 0.390. The minimum absolute atomic E-state index is 0.0739. The molecule has 0 radical (unpaired) electrons. The topological polar surface area (TPSA) is 90.0 Å². The fraction of sp³-hybridized carbons (Fsp3) is 0.286. The molecule has 3 aromatic rings. The van der Waals surface area contributed by atoms with Crippen molar-refractivity contribution in [3.63, 3.8) is 0 Å². The van der Waals surface area contributed by atoms with E-state index in [-0.39, 0.29) is 10.7 Å². The molecule has 22 heavy (non-hydrogen) atoms.